The summed E-state index contributed by atoms with van der Waals surface area (Å²) in [6.45, 7) is 1.38. The van der Waals surface area contributed by atoms with Crippen molar-refractivity contribution in [3.8, 4) is 0 Å². The Morgan fingerprint density at radius 3 is 3.00 bits per heavy atom. The smallest absolute Gasteiger partial charge is 0.254 e. The first-order valence-electron chi connectivity index (χ1n) is 4.79. The molecule has 1 aliphatic heterocycles. The van der Waals surface area contributed by atoms with Gasteiger partial charge in [0.05, 0.1) is 0 Å². The molecule has 14 heavy (non-hydrogen) atoms. The van der Waals surface area contributed by atoms with E-state index >= 15 is 0 Å². The van der Waals surface area contributed by atoms with Crippen LogP contribution in [0.25, 0.3) is 0 Å². The molecule has 1 aliphatic rings. The van der Waals surface area contributed by atoms with Crippen LogP contribution < -0.4 is 5.73 Å². The lowest BCUT2D eigenvalue weighted by Gasteiger charge is -2.04. The molecule has 0 aromatic heterocycles. The SMILES string of the molecule is CN1Cc2cc(CCN)ccc2C1=O. The van der Waals surface area contributed by atoms with Gasteiger partial charge < -0.3 is 10.6 Å². The van der Waals surface area contributed by atoms with Crippen LogP contribution in [0.4, 0.5) is 0 Å². The summed E-state index contributed by atoms with van der Waals surface area (Å²) >= 11 is 0. The molecule has 1 aromatic rings. The zero-order chi connectivity index (χ0) is 10.1. The van der Waals surface area contributed by atoms with Crippen LogP contribution in [0.1, 0.15) is 21.5 Å². The van der Waals surface area contributed by atoms with Crippen molar-refractivity contribution in [2.45, 2.75) is 13.0 Å². The molecule has 0 saturated heterocycles. The number of benzene rings is 1. The number of hydrogen-bond donors (Lipinski definition) is 1. The van der Waals surface area contributed by atoms with Crippen molar-refractivity contribution in [3.05, 3.63) is 34.9 Å². The van der Waals surface area contributed by atoms with Crippen molar-refractivity contribution >= 4 is 5.91 Å². The van der Waals surface area contributed by atoms with E-state index in [1.165, 1.54) is 5.56 Å². The third-order valence-corrected chi connectivity index (χ3v) is 2.59. The predicted molar refractivity (Wildman–Crippen MR) is 55.0 cm³/mol. The molecular formula is C11H14N2O. The van der Waals surface area contributed by atoms with Crippen molar-refractivity contribution in [2.75, 3.05) is 13.6 Å². The lowest BCUT2D eigenvalue weighted by atomic mass is 10.0. The van der Waals surface area contributed by atoms with Crippen LogP contribution in [0.15, 0.2) is 18.2 Å². The summed E-state index contributed by atoms with van der Waals surface area (Å²) in [4.78, 5) is 13.3. The second-order valence-corrected chi connectivity index (χ2v) is 3.69. The molecule has 3 heteroatoms. The van der Waals surface area contributed by atoms with Crippen molar-refractivity contribution in [1.82, 2.24) is 4.90 Å². The first kappa shape index (κ1) is 9.21. The third kappa shape index (κ3) is 1.40. The summed E-state index contributed by atoms with van der Waals surface area (Å²) in [5, 5.41) is 0. The van der Waals surface area contributed by atoms with Crippen LogP contribution >= 0.6 is 0 Å². The molecule has 2 N–H and O–H groups in total. The zero-order valence-corrected chi connectivity index (χ0v) is 8.29. The normalized spacial score (nSPS) is 14.7. The molecule has 0 bridgehead atoms. The van der Waals surface area contributed by atoms with Gasteiger partial charge in [-0.05, 0) is 30.2 Å². The Morgan fingerprint density at radius 2 is 2.29 bits per heavy atom. The zero-order valence-electron chi connectivity index (χ0n) is 8.29. The highest BCUT2D eigenvalue weighted by Crippen LogP contribution is 2.22. The number of nitrogens with two attached hydrogens (primary N) is 1. The van der Waals surface area contributed by atoms with Crippen LogP contribution in [0, 0.1) is 0 Å². The van der Waals surface area contributed by atoms with E-state index in [9.17, 15) is 4.79 Å². The summed E-state index contributed by atoms with van der Waals surface area (Å²) in [5.74, 6) is 0.124. The van der Waals surface area contributed by atoms with Crippen LogP contribution in [-0.4, -0.2) is 24.4 Å². The third-order valence-electron chi connectivity index (χ3n) is 2.59. The maximum atomic E-state index is 11.6. The minimum atomic E-state index is 0.124. The van der Waals surface area contributed by atoms with E-state index in [4.69, 9.17) is 5.73 Å². The molecule has 1 heterocycles. The van der Waals surface area contributed by atoms with Gasteiger partial charge in [-0.25, -0.2) is 0 Å². The first-order chi connectivity index (χ1) is 6.72. The Kier molecular flexibility index (Phi) is 2.25. The molecule has 0 radical (unpaired) electrons. The second-order valence-electron chi connectivity index (χ2n) is 3.69. The lowest BCUT2D eigenvalue weighted by Crippen LogP contribution is -2.17. The predicted octanol–water partition coefficient (Wildman–Crippen LogP) is 0.773. The molecule has 1 amide bonds. The van der Waals surface area contributed by atoms with Crippen molar-refractivity contribution in [2.24, 2.45) is 5.73 Å². The number of nitrogens with zero attached hydrogens (tertiary/aromatic N) is 1. The first-order valence-corrected chi connectivity index (χ1v) is 4.79. The number of amides is 1. The van der Waals surface area contributed by atoms with Crippen LogP contribution in [0.5, 0.6) is 0 Å². The number of carbonyl (C=O) groups is 1. The Morgan fingerprint density at radius 1 is 1.50 bits per heavy atom. The van der Waals surface area contributed by atoms with Gasteiger partial charge in [-0.2, -0.15) is 0 Å². The number of rotatable bonds is 2. The maximum Gasteiger partial charge on any atom is 0.254 e. The summed E-state index contributed by atoms with van der Waals surface area (Å²) in [5.41, 5.74) is 8.67. The topological polar surface area (TPSA) is 46.3 Å². The Hall–Kier alpha value is -1.35. The standard InChI is InChI=1S/C11H14N2O/c1-13-7-9-6-8(4-5-12)2-3-10(9)11(13)14/h2-3,6H,4-5,7,12H2,1H3. The van der Waals surface area contributed by atoms with Gasteiger partial charge in [0.25, 0.3) is 5.91 Å². The monoisotopic (exact) mass is 190 g/mol. The summed E-state index contributed by atoms with van der Waals surface area (Å²) in [6.07, 6.45) is 0.880. The second kappa shape index (κ2) is 3.42. The van der Waals surface area contributed by atoms with E-state index < -0.39 is 0 Å². The fourth-order valence-corrected chi connectivity index (χ4v) is 1.84. The molecular weight excluding hydrogens is 176 g/mol. The maximum absolute atomic E-state index is 11.6. The minimum Gasteiger partial charge on any atom is -0.337 e. The van der Waals surface area contributed by atoms with E-state index in [1.54, 1.807) is 4.90 Å². The number of fused-ring (bicyclic) bond motifs is 1. The van der Waals surface area contributed by atoms with Gasteiger partial charge in [-0.15, -0.1) is 0 Å². The molecule has 0 aliphatic carbocycles. The van der Waals surface area contributed by atoms with Gasteiger partial charge in [0.1, 0.15) is 0 Å². The number of hydrogen-bond acceptors (Lipinski definition) is 2. The van der Waals surface area contributed by atoms with Gasteiger partial charge in [-0.3, -0.25) is 4.79 Å². The van der Waals surface area contributed by atoms with Crippen molar-refractivity contribution in [3.63, 3.8) is 0 Å². The highest BCUT2D eigenvalue weighted by molar-refractivity contribution is 5.98. The molecule has 0 saturated carbocycles. The van der Waals surface area contributed by atoms with Crippen LogP contribution in [0.3, 0.4) is 0 Å². The van der Waals surface area contributed by atoms with E-state index in [2.05, 4.69) is 6.07 Å². The van der Waals surface area contributed by atoms with E-state index in [-0.39, 0.29) is 5.91 Å². The summed E-state index contributed by atoms with van der Waals surface area (Å²) in [7, 11) is 1.82. The Labute approximate surface area is 83.5 Å². The summed E-state index contributed by atoms with van der Waals surface area (Å²) < 4.78 is 0. The van der Waals surface area contributed by atoms with E-state index in [0.717, 1.165) is 24.1 Å². The highest BCUT2D eigenvalue weighted by atomic mass is 16.2. The molecule has 74 valence electrons. The van der Waals surface area contributed by atoms with Gasteiger partial charge in [-0.1, -0.05) is 12.1 Å². The quantitative estimate of drug-likeness (QED) is 0.748. The highest BCUT2D eigenvalue weighted by Gasteiger charge is 2.23. The largest absolute Gasteiger partial charge is 0.337 e. The van der Waals surface area contributed by atoms with Gasteiger partial charge in [0.2, 0.25) is 0 Å². The molecule has 0 atom stereocenters. The van der Waals surface area contributed by atoms with Crippen LogP contribution in [-0.2, 0) is 13.0 Å². The average molecular weight is 190 g/mol. The average Bonchev–Trinajstić information content (AvgIpc) is 2.43. The fourth-order valence-electron chi connectivity index (χ4n) is 1.84. The summed E-state index contributed by atoms with van der Waals surface area (Å²) in [6, 6.07) is 5.98. The van der Waals surface area contributed by atoms with Gasteiger partial charge in [0.15, 0.2) is 0 Å². The fraction of sp³-hybridized carbons (Fsp3) is 0.364. The minimum absolute atomic E-state index is 0.124. The lowest BCUT2D eigenvalue weighted by molar-refractivity contribution is 0.0816. The van der Waals surface area contributed by atoms with E-state index in [0.29, 0.717) is 6.54 Å². The number of carbonyl (C=O) groups excluding carboxylic acids is 1. The van der Waals surface area contributed by atoms with Gasteiger partial charge in [0, 0.05) is 19.2 Å². The molecule has 3 nitrogen and oxygen atoms in total. The van der Waals surface area contributed by atoms with Crippen molar-refractivity contribution in [1.29, 1.82) is 0 Å². The van der Waals surface area contributed by atoms with Gasteiger partial charge >= 0.3 is 0 Å². The van der Waals surface area contributed by atoms with Crippen LogP contribution in [0.2, 0.25) is 0 Å². The van der Waals surface area contributed by atoms with Crippen molar-refractivity contribution < 1.29 is 4.79 Å². The Balaban J connectivity index is 2.34. The van der Waals surface area contributed by atoms with E-state index in [1.807, 2.05) is 19.2 Å². The Bertz CT molecular complexity index is 374. The molecule has 0 fully saturated rings. The molecule has 0 spiro atoms. The molecule has 1 aromatic carbocycles. The molecule has 2 rings (SSSR count). The molecule has 0 unspecified atom stereocenters.